The summed E-state index contributed by atoms with van der Waals surface area (Å²) in [7, 11) is 0. The van der Waals surface area contributed by atoms with E-state index in [9.17, 15) is 9.59 Å². The smallest absolute Gasteiger partial charge is 0.305 e. The van der Waals surface area contributed by atoms with Gasteiger partial charge >= 0.3 is 5.97 Å². The van der Waals surface area contributed by atoms with Crippen LogP contribution in [-0.2, 0) is 20.7 Å². The molecule has 1 atom stereocenters. The van der Waals surface area contributed by atoms with E-state index in [2.05, 4.69) is 5.32 Å². The Hall–Kier alpha value is -2.40. The summed E-state index contributed by atoms with van der Waals surface area (Å²) >= 11 is 0. The Bertz CT molecular complexity index is 729. The Morgan fingerprint density at radius 1 is 1.17 bits per heavy atom. The van der Waals surface area contributed by atoms with Crippen LogP contribution in [0.4, 0.5) is 0 Å². The summed E-state index contributed by atoms with van der Waals surface area (Å²) in [6, 6.07) is 13.8. The molecule has 0 spiro atoms. The molecule has 1 heterocycles. The highest BCUT2D eigenvalue weighted by Crippen LogP contribution is 2.24. The monoisotopic (exact) mass is 313 g/mol. The zero-order valence-corrected chi connectivity index (χ0v) is 12.7. The van der Waals surface area contributed by atoms with Crippen LogP contribution in [0.3, 0.4) is 0 Å². The van der Waals surface area contributed by atoms with Crippen LogP contribution < -0.4 is 5.32 Å². The summed E-state index contributed by atoms with van der Waals surface area (Å²) in [5.74, 6) is -1.10. The van der Waals surface area contributed by atoms with Gasteiger partial charge in [-0.3, -0.25) is 9.59 Å². The van der Waals surface area contributed by atoms with Crippen molar-refractivity contribution >= 4 is 22.6 Å². The number of carboxylic acids is 1. The molecule has 0 aromatic heterocycles. The van der Waals surface area contributed by atoms with E-state index in [4.69, 9.17) is 9.84 Å². The minimum atomic E-state index is -0.930. The molecule has 2 aromatic carbocycles. The number of carboxylic acid groups (broad SMARTS) is 1. The zero-order valence-electron chi connectivity index (χ0n) is 12.7. The first-order valence-corrected chi connectivity index (χ1v) is 7.65. The number of carbonyl (C=O) groups is 2. The molecule has 0 saturated carbocycles. The highest BCUT2D eigenvalue weighted by atomic mass is 16.5. The maximum Gasteiger partial charge on any atom is 0.305 e. The van der Waals surface area contributed by atoms with E-state index in [-0.39, 0.29) is 25.4 Å². The molecule has 0 bridgehead atoms. The zero-order chi connectivity index (χ0) is 16.3. The summed E-state index contributed by atoms with van der Waals surface area (Å²) in [4.78, 5) is 23.5. The summed E-state index contributed by atoms with van der Waals surface area (Å²) in [5, 5.41) is 14.1. The van der Waals surface area contributed by atoms with Crippen molar-refractivity contribution in [3.8, 4) is 0 Å². The van der Waals surface area contributed by atoms with Crippen LogP contribution >= 0.6 is 0 Å². The highest BCUT2D eigenvalue weighted by Gasteiger charge is 2.38. The van der Waals surface area contributed by atoms with Crippen LogP contribution in [-0.4, -0.2) is 35.7 Å². The predicted octanol–water partition coefficient (Wildman–Crippen LogP) is 2.13. The van der Waals surface area contributed by atoms with Crippen molar-refractivity contribution in [3.63, 3.8) is 0 Å². The average molecular weight is 313 g/mol. The molecule has 1 aliphatic heterocycles. The minimum absolute atomic E-state index is 0.117. The number of amides is 1. The van der Waals surface area contributed by atoms with Crippen LogP contribution in [0.2, 0.25) is 0 Å². The topological polar surface area (TPSA) is 75.6 Å². The van der Waals surface area contributed by atoms with Gasteiger partial charge in [0.05, 0.1) is 25.0 Å². The lowest BCUT2D eigenvalue weighted by Crippen LogP contribution is -2.51. The molecule has 1 amide bonds. The van der Waals surface area contributed by atoms with Crippen LogP contribution in [0.15, 0.2) is 42.5 Å². The van der Waals surface area contributed by atoms with Gasteiger partial charge in [-0.15, -0.1) is 0 Å². The standard InChI is InChI=1S/C18H19NO4/c20-16(19-18(11-17(21)22)8-9-23-12-18)10-14-6-3-5-13-4-1-2-7-15(13)14/h1-7H,8-12H2,(H,19,20)(H,21,22). The van der Waals surface area contributed by atoms with Crippen LogP contribution in [0.1, 0.15) is 18.4 Å². The van der Waals surface area contributed by atoms with Gasteiger partial charge in [-0.25, -0.2) is 0 Å². The largest absolute Gasteiger partial charge is 0.481 e. The number of hydrogen-bond acceptors (Lipinski definition) is 3. The van der Waals surface area contributed by atoms with Gasteiger partial charge in [-0.2, -0.15) is 0 Å². The summed E-state index contributed by atoms with van der Waals surface area (Å²) in [6.45, 7) is 0.725. The van der Waals surface area contributed by atoms with Crippen molar-refractivity contribution in [2.75, 3.05) is 13.2 Å². The Labute approximate surface area is 134 Å². The number of fused-ring (bicyclic) bond motifs is 1. The van der Waals surface area contributed by atoms with E-state index in [1.807, 2.05) is 42.5 Å². The van der Waals surface area contributed by atoms with Crippen molar-refractivity contribution < 1.29 is 19.4 Å². The first kappa shape index (κ1) is 15.5. The molecule has 0 aliphatic carbocycles. The maximum atomic E-state index is 12.4. The summed E-state index contributed by atoms with van der Waals surface area (Å²) in [6.07, 6.45) is 0.636. The second-order valence-corrected chi connectivity index (χ2v) is 6.02. The fourth-order valence-electron chi connectivity index (χ4n) is 3.14. The quantitative estimate of drug-likeness (QED) is 0.886. The van der Waals surface area contributed by atoms with Crippen LogP contribution in [0, 0.1) is 0 Å². The number of aliphatic carboxylic acids is 1. The van der Waals surface area contributed by atoms with E-state index in [0.717, 1.165) is 16.3 Å². The van der Waals surface area contributed by atoms with Gasteiger partial charge in [-0.05, 0) is 22.8 Å². The molecule has 5 nitrogen and oxygen atoms in total. The van der Waals surface area contributed by atoms with Crippen molar-refractivity contribution in [2.45, 2.75) is 24.8 Å². The third-order valence-corrected chi connectivity index (χ3v) is 4.23. The van der Waals surface area contributed by atoms with E-state index < -0.39 is 11.5 Å². The second-order valence-electron chi connectivity index (χ2n) is 6.02. The lowest BCUT2D eigenvalue weighted by atomic mass is 9.93. The van der Waals surface area contributed by atoms with Gasteiger partial charge in [0, 0.05) is 6.61 Å². The summed E-state index contributed by atoms with van der Waals surface area (Å²) < 4.78 is 5.30. The predicted molar refractivity (Wildman–Crippen MR) is 86.2 cm³/mol. The molecule has 1 fully saturated rings. The van der Waals surface area contributed by atoms with E-state index >= 15 is 0 Å². The number of benzene rings is 2. The highest BCUT2D eigenvalue weighted by molar-refractivity contribution is 5.90. The van der Waals surface area contributed by atoms with Gasteiger partial charge in [0.1, 0.15) is 0 Å². The van der Waals surface area contributed by atoms with Crippen molar-refractivity contribution in [1.29, 1.82) is 0 Å². The van der Waals surface area contributed by atoms with Crippen molar-refractivity contribution in [2.24, 2.45) is 0 Å². The lowest BCUT2D eigenvalue weighted by molar-refractivity contribution is -0.139. The number of carbonyl (C=O) groups excluding carboxylic acids is 1. The second kappa shape index (κ2) is 6.38. The van der Waals surface area contributed by atoms with E-state index in [0.29, 0.717) is 13.0 Å². The number of nitrogens with one attached hydrogen (secondary N) is 1. The first-order valence-electron chi connectivity index (χ1n) is 7.65. The summed E-state index contributed by atoms with van der Waals surface area (Å²) in [5.41, 5.74) is 0.151. The first-order chi connectivity index (χ1) is 11.1. The van der Waals surface area contributed by atoms with Crippen molar-refractivity contribution in [1.82, 2.24) is 5.32 Å². The molecule has 2 aromatic rings. The average Bonchev–Trinajstić information content (AvgIpc) is 2.94. The third-order valence-electron chi connectivity index (χ3n) is 4.23. The Balaban J connectivity index is 1.77. The molecule has 3 rings (SSSR count). The van der Waals surface area contributed by atoms with Crippen LogP contribution in [0.25, 0.3) is 10.8 Å². The molecule has 1 saturated heterocycles. The van der Waals surface area contributed by atoms with Gasteiger partial charge in [0.25, 0.3) is 0 Å². The molecule has 5 heteroatoms. The van der Waals surface area contributed by atoms with E-state index in [1.165, 1.54) is 0 Å². The van der Waals surface area contributed by atoms with Gasteiger partial charge < -0.3 is 15.2 Å². The molecular formula is C18H19NO4. The molecule has 2 N–H and O–H groups in total. The molecule has 1 aliphatic rings. The fraction of sp³-hybridized carbons (Fsp3) is 0.333. The SMILES string of the molecule is O=C(O)CC1(NC(=O)Cc2cccc3ccccc23)CCOC1. The Kier molecular flexibility index (Phi) is 4.30. The fourth-order valence-corrected chi connectivity index (χ4v) is 3.14. The molecule has 120 valence electrons. The van der Waals surface area contributed by atoms with Gasteiger partial charge in [-0.1, -0.05) is 42.5 Å². The Morgan fingerprint density at radius 3 is 2.70 bits per heavy atom. The molecule has 0 radical (unpaired) electrons. The normalized spacial score (nSPS) is 20.5. The molecule has 1 unspecified atom stereocenters. The van der Waals surface area contributed by atoms with Gasteiger partial charge in [0.15, 0.2) is 0 Å². The minimum Gasteiger partial charge on any atom is -0.481 e. The maximum absolute atomic E-state index is 12.4. The number of ether oxygens (including phenoxy) is 1. The van der Waals surface area contributed by atoms with Gasteiger partial charge in [0.2, 0.25) is 5.91 Å². The molecular weight excluding hydrogens is 294 g/mol. The van der Waals surface area contributed by atoms with Crippen LogP contribution in [0.5, 0.6) is 0 Å². The van der Waals surface area contributed by atoms with E-state index in [1.54, 1.807) is 0 Å². The lowest BCUT2D eigenvalue weighted by Gasteiger charge is -2.27. The molecule has 23 heavy (non-hydrogen) atoms. The third kappa shape index (κ3) is 3.51. The number of rotatable bonds is 5. The number of hydrogen-bond donors (Lipinski definition) is 2. The Morgan fingerprint density at radius 2 is 1.96 bits per heavy atom. The van der Waals surface area contributed by atoms with Crippen molar-refractivity contribution in [3.05, 3.63) is 48.0 Å².